The van der Waals surface area contributed by atoms with Crippen molar-refractivity contribution in [3.05, 3.63) is 0 Å². The third-order valence-corrected chi connectivity index (χ3v) is 2.64. The number of nitrogens with zero attached hydrogens (tertiary/aromatic N) is 1. The van der Waals surface area contributed by atoms with Gasteiger partial charge >= 0.3 is 5.97 Å². The number of aliphatic hydroxyl groups is 1. The Morgan fingerprint density at radius 1 is 1.50 bits per heavy atom. The van der Waals surface area contributed by atoms with Gasteiger partial charge in [-0.05, 0) is 0 Å². The second kappa shape index (κ2) is 6.36. The summed E-state index contributed by atoms with van der Waals surface area (Å²) in [6.45, 7) is 3.59. The maximum atomic E-state index is 11.9. The number of cyclic esters (lactones) is 1. The van der Waals surface area contributed by atoms with Gasteiger partial charge in [-0.25, -0.2) is 4.79 Å². The van der Waals surface area contributed by atoms with Crippen molar-refractivity contribution >= 4 is 23.5 Å². The van der Waals surface area contributed by atoms with Crippen molar-refractivity contribution < 1.29 is 24.2 Å². The van der Waals surface area contributed by atoms with Gasteiger partial charge in [0.15, 0.2) is 6.10 Å². The molecule has 1 unspecified atom stereocenters. The first-order valence-electron chi connectivity index (χ1n) is 5.75. The average Bonchev–Trinajstić information content (AvgIpc) is 2.51. The first kappa shape index (κ1) is 15.2. The van der Waals surface area contributed by atoms with Gasteiger partial charge in [0.25, 0.3) is 0 Å². The number of ether oxygens (including phenoxy) is 2. The molecule has 104 valence electrons. The van der Waals surface area contributed by atoms with Crippen LogP contribution in [0.15, 0.2) is 0 Å². The first-order valence-corrected chi connectivity index (χ1v) is 6.28. The van der Waals surface area contributed by atoms with Crippen molar-refractivity contribution in [2.45, 2.75) is 32.2 Å². The molecule has 1 heterocycles. The van der Waals surface area contributed by atoms with E-state index in [-0.39, 0.29) is 31.4 Å². The minimum Gasteiger partial charge on any atom is -0.432 e. The van der Waals surface area contributed by atoms with Gasteiger partial charge in [0.2, 0.25) is 11.7 Å². The predicted molar refractivity (Wildman–Crippen MR) is 64.0 cm³/mol. The molecule has 0 aromatic heterocycles. The smallest absolute Gasteiger partial charge is 0.338 e. The third kappa shape index (κ3) is 4.12. The van der Waals surface area contributed by atoms with E-state index in [0.29, 0.717) is 6.54 Å². The lowest BCUT2D eigenvalue weighted by Gasteiger charge is -2.21. The van der Waals surface area contributed by atoms with Crippen LogP contribution in [0.1, 0.15) is 20.3 Å². The second-order valence-electron chi connectivity index (χ2n) is 4.42. The Labute approximate surface area is 111 Å². The molecule has 0 aliphatic carbocycles. The lowest BCUT2D eigenvalue weighted by Crippen LogP contribution is -2.38. The van der Waals surface area contributed by atoms with Crippen molar-refractivity contribution in [1.82, 2.24) is 4.90 Å². The van der Waals surface area contributed by atoms with E-state index in [0.717, 1.165) is 0 Å². The predicted octanol–water partition coefficient (Wildman–Crippen LogP) is 0.114. The summed E-state index contributed by atoms with van der Waals surface area (Å²) in [5.41, 5.74) is 0. The van der Waals surface area contributed by atoms with Gasteiger partial charge < -0.3 is 19.5 Å². The Balaban J connectivity index is 2.55. The Hall–Kier alpha value is -0.850. The number of alkyl halides is 1. The maximum Gasteiger partial charge on any atom is 0.338 e. The summed E-state index contributed by atoms with van der Waals surface area (Å²) >= 11 is 5.57. The summed E-state index contributed by atoms with van der Waals surface area (Å²) in [5, 5.41) is 8.85. The van der Waals surface area contributed by atoms with Crippen LogP contribution in [0.4, 0.5) is 0 Å². The van der Waals surface area contributed by atoms with Gasteiger partial charge in [-0.2, -0.15) is 0 Å². The Kier molecular flexibility index (Phi) is 5.37. The van der Waals surface area contributed by atoms with Gasteiger partial charge in [0, 0.05) is 32.8 Å². The number of halogens is 1. The van der Waals surface area contributed by atoms with Gasteiger partial charge in [0.05, 0.1) is 13.0 Å². The molecule has 1 atom stereocenters. The van der Waals surface area contributed by atoms with E-state index in [1.165, 1.54) is 4.90 Å². The molecule has 1 rings (SSSR count). The SMILES string of the molecule is CC1(C)OC(=O)C(CC(=O)N(CCO)CCCl)O1. The number of carbonyl (C=O) groups is 2. The minimum absolute atomic E-state index is 0.0981. The molecular weight excluding hydrogens is 262 g/mol. The number of carbonyl (C=O) groups excluding carboxylic acids is 2. The topological polar surface area (TPSA) is 76.1 Å². The summed E-state index contributed by atoms with van der Waals surface area (Å²) in [5.74, 6) is -1.55. The van der Waals surface area contributed by atoms with Gasteiger partial charge in [-0.1, -0.05) is 0 Å². The minimum atomic E-state index is -0.990. The van der Waals surface area contributed by atoms with Crippen LogP contribution in [0.3, 0.4) is 0 Å². The molecule has 0 bridgehead atoms. The summed E-state index contributed by atoms with van der Waals surface area (Å²) in [4.78, 5) is 24.8. The zero-order valence-corrected chi connectivity index (χ0v) is 11.3. The Bertz CT molecular complexity index is 315. The molecule has 0 saturated carbocycles. The molecule has 1 aliphatic rings. The molecule has 1 aliphatic heterocycles. The molecule has 1 fully saturated rings. The Morgan fingerprint density at radius 3 is 2.61 bits per heavy atom. The van der Waals surface area contributed by atoms with E-state index < -0.39 is 17.9 Å². The highest BCUT2D eigenvalue weighted by Gasteiger charge is 2.42. The quantitative estimate of drug-likeness (QED) is 0.552. The Morgan fingerprint density at radius 2 is 2.17 bits per heavy atom. The molecular formula is C11H18ClNO5. The van der Waals surface area contributed by atoms with Gasteiger partial charge in [0.1, 0.15) is 0 Å². The fourth-order valence-corrected chi connectivity index (χ4v) is 1.92. The first-order chi connectivity index (χ1) is 8.39. The molecule has 1 N–H and O–H groups in total. The van der Waals surface area contributed by atoms with E-state index in [4.69, 9.17) is 26.2 Å². The highest BCUT2D eigenvalue weighted by atomic mass is 35.5. The van der Waals surface area contributed by atoms with Crippen LogP contribution in [-0.2, 0) is 19.1 Å². The van der Waals surface area contributed by atoms with Crippen molar-refractivity contribution in [2.75, 3.05) is 25.6 Å². The van der Waals surface area contributed by atoms with Crippen LogP contribution in [0.5, 0.6) is 0 Å². The van der Waals surface area contributed by atoms with Gasteiger partial charge in [-0.3, -0.25) is 4.79 Å². The fraction of sp³-hybridized carbons (Fsp3) is 0.818. The molecule has 0 aromatic carbocycles. The molecule has 0 radical (unpaired) electrons. The normalized spacial score (nSPS) is 21.8. The lowest BCUT2D eigenvalue weighted by molar-refractivity contribution is -0.161. The molecule has 1 saturated heterocycles. The monoisotopic (exact) mass is 279 g/mol. The zero-order valence-electron chi connectivity index (χ0n) is 10.5. The van der Waals surface area contributed by atoms with E-state index in [2.05, 4.69) is 0 Å². The summed E-state index contributed by atoms with van der Waals surface area (Å²) < 4.78 is 10.3. The van der Waals surface area contributed by atoms with Crippen LogP contribution in [0, 0.1) is 0 Å². The highest BCUT2D eigenvalue weighted by Crippen LogP contribution is 2.25. The number of aliphatic hydroxyl groups excluding tert-OH is 1. The van der Waals surface area contributed by atoms with Crippen molar-refractivity contribution in [3.8, 4) is 0 Å². The molecule has 0 spiro atoms. The number of hydrogen-bond acceptors (Lipinski definition) is 5. The standard InChI is InChI=1S/C11H18ClNO5/c1-11(2)17-8(10(16)18-11)7-9(15)13(4-3-12)5-6-14/h8,14H,3-7H2,1-2H3. The van der Waals surface area contributed by atoms with Crippen LogP contribution >= 0.6 is 11.6 Å². The molecule has 7 heteroatoms. The average molecular weight is 280 g/mol. The fourth-order valence-electron chi connectivity index (χ4n) is 1.72. The second-order valence-corrected chi connectivity index (χ2v) is 4.80. The number of esters is 1. The van der Waals surface area contributed by atoms with Crippen molar-refractivity contribution in [3.63, 3.8) is 0 Å². The summed E-state index contributed by atoms with van der Waals surface area (Å²) in [6.07, 6.45) is -0.983. The molecule has 1 amide bonds. The van der Waals surface area contributed by atoms with E-state index in [9.17, 15) is 9.59 Å². The van der Waals surface area contributed by atoms with Crippen molar-refractivity contribution in [2.24, 2.45) is 0 Å². The lowest BCUT2D eigenvalue weighted by atomic mass is 10.2. The molecule has 6 nitrogen and oxygen atoms in total. The van der Waals surface area contributed by atoms with Crippen LogP contribution in [0.2, 0.25) is 0 Å². The van der Waals surface area contributed by atoms with Crippen LogP contribution in [0.25, 0.3) is 0 Å². The molecule has 18 heavy (non-hydrogen) atoms. The van der Waals surface area contributed by atoms with Crippen LogP contribution in [-0.4, -0.2) is 59.4 Å². The largest absolute Gasteiger partial charge is 0.432 e. The maximum absolute atomic E-state index is 11.9. The highest BCUT2D eigenvalue weighted by molar-refractivity contribution is 6.18. The number of rotatable bonds is 6. The third-order valence-electron chi connectivity index (χ3n) is 2.47. The summed E-state index contributed by atoms with van der Waals surface area (Å²) in [6, 6.07) is 0. The van der Waals surface area contributed by atoms with Crippen LogP contribution < -0.4 is 0 Å². The number of amides is 1. The number of hydrogen-bond donors (Lipinski definition) is 1. The van der Waals surface area contributed by atoms with Gasteiger partial charge in [-0.15, -0.1) is 11.6 Å². The van der Waals surface area contributed by atoms with E-state index in [1.807, 2.05) is 0 Å². The van der Waals surface area contributed by atoms with Crippen molar-refractivity contribution in [1.29, 1.82) is 0 Å². The molecule has 0 aromatic rings. The summed E-state index contributed by atoms with van der Waals surface area (Å²) in [7, 11) is 0. The van der Waals surface area contributed by atoms with E-state index >= 15 is 0 Å². The van der Waals surface area contributed by atoms with E-state index in [1.54, 1.807) is 13.8 Å². The zero-order chi connectivity index (χ0) is 13.8.